The lowest BCUT2D eigenvalue weighted by atomic mass is 9.80. The molecule has 4 heteroatoms. The number of rotatable bonds is 12. The summed E-state index contributed by atoms with van der Waals surface area (Å²) < 4.78 is 0. The van der Waals surface area contributed by atoms with Gasteiger partial charge in [-0.05, 0) is 43.4 Å². The molecule has 0 aromatic heterocycles. The van der Waals surface area contributed by atoms with Gasteiger partial charge in [-0.2, -0.15) is 0 Å². The molecule has 4 nitrogen and oxygen atoms in total. The second-order valence-corrected chi connectivity index (χ2v) is 8.53. The highest BCUT2D eigenvalue weighted by Gasteiger charge is 2.35. The number of carboxylic acids is 1. The van der Waals surface area contributed by atoms with Crippen molar-refractivity contribution < 1.29 is 20.1 Å². The maximum Gasteiger partial charge on any atom is 0.303 e. The van der Waals surface area contributed by atoms with Crippen LogP contribution in [0.2, 0.25) is 0 Å². The number of carbonyl (C=O) groups is 1. The lowest BCUT2D eigenvalue weighted by Crippen LogP contribution is -2.28. The fraction of sp³-hybridized carbons (Fsp3) is 0.696. The van der Waals surface area contributed by atoms with Crippen molar-refractivity contribution in [2.75, 3.05) is 0 Å². The summed E-state index contributed by atoms with van der Waals surface area (Å²) in [6.07, 6.45) is 13.1. The second kappa shape index (κ2) is 11.5. The van der Waals surface area contributed by atoms with Crippen LogP contribution in [0.15, 0.2) is 36.5 Å². The zero-order valence-corrected chi connectivity index (χ0v) is 17.2. The summed E-state index contributed by atoms with van der Waals surface area (Å²) in [4.78, 5) is 10.5. The Morgan fingerprint density at radius 1 is 1.33 bits per heavy atom. The Morgan fingerprint density at radius 2 is 2.04 bits per heavy atom. The van der Waals surface area contributed by atoms with Crippen molar-refractivity contribution in [3.8, 4) is 0 Å². The minimum Gasteiger partial charge on any atom is -0.481 e. The molecule has 0 bridgehead atoms. The number of aliphatic hydroxyl groups is 2. The van der Waals surface area contributed by atoms with Gasteiger partial charge in [0.15, 0.2) is 0 Å². The van der Waals surface area contributed by atoms with Crippen molar-refractivity contribution in [1.82, 2.24) is 0 Å². The van der Waals surface area contributed by atoms with E-state index in [-0.39, 0.29) is 23.7 Å². The van der Waals surface area contributed by atoms with E-state index in [0.29, 0.717) is 12.8 Å². The molecule has 1 saturated carbocycles. The average molecular weight is 379 g/mol. The number of allylic oxidation sites excluding steroid dienone is 2. The van der Waals surface area contributed by atoms with Crippen LogP contribution in [-0.4, -0.2) is 33.5 Å². The molecule has 0 heterocycles. The van der Waals surface area contributed by atoms with E-state index in [9.17, 15) is 15.0 Å². The summed E-state index contributed by atoms with van der Waals surface area (Å²) in [6, 6.07) is 0. The van der Waals surface area contributed by atoms with Crippen LogP contribution in [-0.2, 0) is 4.79 Å². The first-order valence-electron chi connectivity index (χ1n) is 10.3. The van der Waals surface area contributed by atoms with Crippen molar-refractivity contribution in [3.63, 3.8) is 0 Å². The minimum absolute atomic E-state index is 0.0298. The second-order valence-electron chi connectivity index (χ2n) is 8.53. The molecule has 4 atom stereocenters. The summed E-state index contributed by atoms with van der Waals surface area (Å²) >= 11 is 0. The SMILES string of the molecule is C=C1C[C@@H](O)[C@H](/C=C/[C@@H](O)C(C)(C)CCCC)[C@H]1C/C=C\CCCC(=O)O. The molecule has 27 heavy (non-hydrogen) atoms. The van der Waals surface area contributed by atoms with Crippen molar-refractivity contribution >= 4 is 5.97 Å². The van der Waals surface area contributed by atoms with Gasteiger partial charge in [0, 0.05) is 12.3 Å². The van der Waals surface area contributed by atoms with Gasteiger partial charge in [-0.1, -0.05) is 70.1 Å². The number of hydrogen-bond donors (Lipinski definition) is 3. The van der Waals surface area contributed by atoms with E-state index in [1.54, 1.807) is 0 Å². The van der Waals surface area contributed by atoms with Crippen LogP contribution in [0, 0.1) is 17.3 Å². The Labute approximate surface area is 164 Å². The summed E-state index contributed by atoms with van der Waals surface area (Å²) in [5.74, 6) is -0.628. The van der Waals surface area contributed by atoms with E-state index in [1.165, 1.54) is 0 Å². The largest absolute Gasteiger partial charge is 0.481 e. The predicted molar refractivity (Wildman–Crippen MR) is 110 cm³/mol. The monoisotopic (exact) mass is 378 g/mol. The first-order chi connectivity index (χ1) is 12.7. The molecule has 1 aliphatic rings. The van der Waals surface area contributed by atoms with E-state index in [4.69, 9.17) is 5.11 Å². The van der Waals surface area contributed by atoms with Crippen molar-refractivity contribution in [1.29, 1.82) is 0 Å². The van der Waals surface area contributed by atoms with Gasteiger partial charge in [-0.3, -0.25) is 4.79 Å². The molecule has 0 unspecified atom stereocenters. The van der Waals surface area contributed by atoms with Gasteiger partial charge in [0.1, 0.15) is 0 Å². The fourth-order valence-corrected chi connectivity index (χ4v) is 3.69. The van der Waals surface area contributed by atoms with Crippen molar-refractivity contribution in [2.24, 2.45) is 17.3 Å². The van der Waals surface area contributed by atoms with Crippen molar-refractivity contribution in [3.05, 3.63) is 36.5 Å². The predicted octanol–water partition coefficient (Wildman–Crippen LogP) is 4.87. The summed E-state index contributed by atoms with van der Waals surface area (Å²) in [5, 5.41) is 29.6. The van der Waals surface area contributed by atoms with E-state index >= 15 is 0 Å². The molecule has 0 aliphatic heterocycles. The molecule has 3 N–H and O–H groups in total. The third-order valence-electron chi connectivity index (χ3n) is 5.71. The van der Waals surface area contributed by atoms with Gasteiger partial charge in [-0.15, -0.1) is 0 Å². The molecular weight excluding hydrogens is 340 g/mol. The van der Waals surface area contributed by atoms with Crippen LogP contribution in [0.5, 0.6) is 0 Å². The first kappa shape index (κ1) is 23.6. The number of aliphatic hydroxyl groups excluding tert-OH is 2. The molecule has 0 aromatic carbocycles. The summed E-state index contributed by atoms with van der Waals surface area (Å²) in [7, 11) is 0. The molecular formula is C23H38O4. The van der Waals surface area contributed by atoms with Crippen LogP contribution in [0.25, 0.3) is 0 Å². The Kier molecular flexibility index (Phi) is 10.0. The quantitative estimate of drug-likeness (QED) is 0.334. The lowest BCUT2D eigenvalue weighted by Gasteiger charge is -2.29. The van der Waals surface area contributed by atoms with Crippen molar-refractivity contribution in [2.45, 2.75) is 84.3 Å². The van der Waals surface area contributed by atoms with E-state index in [2.05, 4.69) is 33.4 Å². The lowest BCUT2D eigenvalue weighted by molar-refractivity contribution is -0.137. The van der Waals surface area contributed by atoms with Crippen LogP contribution in [0.3, 0.4) is 0 Å². The Balaban J connectivity index is 2.63. The molecule has 0 saturated heterocycles. The van der Waals surface area contributed by atoms with Crippen LogP contribution in [0.4, 0.5) is 0 Å². The van der Waals surface area contributed by atoms with E-state index in [0.717, 1.165) is 37.7 Å². The Hall–Kier alpha value is -1.39. The standard InChI is InChI=1S/C23H38O4/c1-5-6-15-23(3,4)21(25)14-13-19-18(17(2)16-20(19)24)11-9-7-8-10-12-22(26)27/h7,9,13-14,18-21,24-25H,2,5-6,8,10-12,15-16H2,1,3-4H3,(H,26,27)/b9-7-,14-13+/t18-,19+,20+,21+/m0/s1. The summed E-state index contributed by atoms with van der Waals surface area (Å²) in [5.41, 5.74) is 0.874. The van der Waals surface area contributed by atoms with E-state index < -0.39 is 18.2 Å². The highest BCUT2D eigenvalue weighted by molar-refractivity contribution is 5.66. The molecule has 0 spiro atoms. The highest BCUT2D eigenvalue weighted by atomic mass is 16.4. The Morgan fingerprint density at radius 3 is 2.67 bits per heavy atom. The summed E-state index contributed by atoms with van der Waals surface area (Å²) in [6.45, 7) is 10.4. The van der Waals surface area contributed by atoms with E-state index in [1.807, 2.05) is 18.2 Å². The molecule has 154 valence electrons. The molecule has 0 amide bonds. The number of hydrogen-bond acceptors (Lipinski definition) is 3. The first-order valence-corrected chi connectivity index (χ1v) is 10.3. The van der Waals surface area contributed by atoms with Gasteiger partial charge in [0.25, 0.3) is 0 Å². The molecule has 0 aromatic rings. The average Bonchev–Trinajstić information content (AvgIpc) is 2.86. The maximum absolute atomic E-state index is 10.6. The number of carboxylic acid groups (broad SMARTS) is 1. The molecule has 1 fully saturated rings. The smallest absolute Gasteiger partial charge is 0.303 e. The zero-order valence-electron chi connectivity index (χ0n) is 17.2. The normalized spacial score (nSPS) is 24.9. The van der Waals surface area contributed by atoms with Gasteiger partial charge in [0.05, 0.1) is 12.2 Å². The zero-order chi connectivity index (χ0) is 20.4. The fourth-order valence-electron chi connectivity index (χ4n) is 3.69. The van der Waals surface area contributed by atoms with Crippen LogP contribution >= 0.6 is 0 Å². The number of aliphatic carboxylic acids is 1. The van der Waals surface area contributed by atoms with Crippen LogP contribution in [0.1, 0.15) is 72.1 Å². The van der Waals surface area contributed by atoms with Gasteiger partial charge in [0.2, 0.25) is 0 Å². The minimum atomic E-state index is -0.763. The molecule has 1 rings (SSSR count). The van der Waals surface area contributed by atoms with Gasteiger partial charge in [-0.25, -0.2) is 0 Å². The Bertz CT molecular complexity index is 532. The molecule has 1 aliphatic carbocycles. The van der Waals surface area contributed by atoms with Gasteiger partial charge >= 0.3 is 5.97 Å². The third-order valence-corrected chi connectivity index (χ3v) is 5.71. The van der Waals surface area contributed by atoms with Gasteiger partial charge < -0.3 is 15.3 Å². The van der Waals surface area contributed by atoms with Crippen LogP contribution < -0.4 is 0 Å². The molecule has 0 radical (unpaired) electrons. The maximum atomic E-state index is 10.6. The third kappa shape index (κ3) is 8.02. The number of unbranched alkanes of at least 4 members (excludes halogenated alkanes) is 2. The topological polar surface area (TPSA) is 77.8 Å². The highest BCUT2D eigenvalue weighted by Crippen LogP contribution is 2.40.